The molecule has 7 nitrogen and oxygen atoms in total. The SMILES string of the molecule is COc1ccc(OC)c(/C=c2/sc3n(c2=O)C(c2cccs2)C(C(=O)OC(C)C)=C(C)N=3)c1. The third-order valence-corrected chi connectivity index (χ3v) is 7.03. The van der Waals surface area contributed by atoms with Gasteiger partial charge in [-0.15, -0.1) is 11.3 Å². The fraction of sp³-hybridized carbons (Fsp3) is 0.292. The van der Waals surface area contributed by atoms with Gasteiger partial charge in [-0.05, 0) is 56.5 Å². The molecule has 33 heavy (non-hydrogen) atoms. The number of fused-ring (bicyclic) bond motifs is 1. The summed E-state index contributed by atoms with van der Waals surface area (Å²) in [6.07, 6.45) is 1.48. The van der Waals surface area contributed by atoms with Crippen LogP contribution in [0.5, 0.6) is 11.5 Å². The van der Waals surface area contributed by atoms with E-state index >= 15 is 0 Å². The van der Waals surface area contributed by atoms with Gasteiger partial charge in [-0.25, -0.2) is 9.79 Å². The van der Waals surface area contributed by atoms with E-state index in [9.17, 15) is 9.59 Å². The highest BCUT2D eigenvalue weighted by Gasteiger charge is 2.34. The van der Waals surface area contributed by atoms with Crippen molar-refractivity contribution in [2.45, 2.75) is 32.9 Å². The van der Waals surface area contributed by atoms with Crippen molar-refractivity contribution in [1.82, 2.24) is 4.57 Å². The zero-order valence-corrected chi connectivity index (χ0v) is 20.6. The van der Waals surface area contributed by atoms with Gasteiger partial charge in [-0.3, -0.25) is 9.36 Å². The van der Waals surface area contributed by atoms with Crippen molar-refractivity contribution in [3.63, 3.8) is 0 Å². The molecule has 1 atom stereocenters. The van der Waals surface area contributed by atoms with Crippen molar-refractivity contribution in [2.75, 3.05) is 14.2 Å². The minimum Gasteiger partial charge on any atom is -0.497 e. The van der Waals surface area contributed by atoms with E-state index in [1.165, 1.54) is 22.7 Å². The molecule has 1 aromatic carbocycles. The molecule has 0 bridgehead atoms. The Morgan fingerprint density at radius 1 is 1.21 bits per heavy atom. The van der Waals surface area contributed by atoms with E-state index in [1.807, 2.05) is 23.6 Å². The molecule has 0 saturated heterocycles. The molecule has 3 heterocycles. The van der Waals surface area contributed by atoms with E-state index in [0.717, 1.165) is 4.88 Å². The summed E-state index contributed by atoms with van der Waals surface area (Å²) in [6, 6.07) is 8.62. The summed E-state index contributed by atoms with van der Waals surface area (Å²) in [4.78, 5) is 32.6. The molecule has 0 fully saturated rings. The van der Waals surface area contributed by atoms with Crippen LogP contribution >= 0.6 is 22.7 Å². The number of methoxy groups -OCH3 is 2. The van der Waals surface area contributed by atoms with Gasteiger partial charge in [0, 0.05) is 10.4 Å². The molecule has 0 radical (unpaired) electrons. The Kier molecular flexibility index (Phi) is 6.53. The number of allylic oxidation sites excluding steroid dienone is 1. The molecule has 0 saturated carbocycles. The van der Waals surface area contributed by atoms with Gasteiger partial charge in [-0.2, -0.15) is 0 Å². The van der Waals surface area contributed by atoms with Gasteiger partial charge in [0.15, 0.2) is 4.80 Å². The Labute approximate surface area is 198 Å². The highest BCUT2D eigenvalue weighted by atomic mass is 32.1. The lowest BCUT2D eigenvalue weighted by Gasteiger charge is -2.24. The maximum Gasteiger partial charge on any atom is 0.338 e. The number of thiophene rings is 1. The summed E-state index contributed by atoms with van der Waals surface area (Å²) in [5, 5.41) is 1.92. The zero-order chi connectivity index (χ0) is 23.7. The summed E-state index contributed by atoms with van der Waals surface area (Å²) in [5.41, 5.74) is 1.41. The van der Waals surface area contributed by atoms with E-state index in [0.29, 0.717) is 37.7 Å². The Balaban J connectivity index is 1.93. The van der Waals surface area contributed by atoms with Crippen LogP contribution in [0.1, 0.15) is 37.3 Å². The molecule has 0 amide bonds. The summed E-state index contributed by atoms with van der Waals surface area (Å²) >= 11 is 2.75. The molecule has 0 spiro atoms. The predicted molar refractivity (Wildman–Crippen MR) is 129 cm³/mol. The molecule has 3 aromatic rings. The Hall–Kier alpha value is -3.17. The van der Waals surface area contributed by atoms with Crippen molar-refractivity contribution < 1.29 is 19.0 Å². The van der Waals surface area contributed by atoms with Gasteiger partial charge < -0.3 is 14.2 Å². The first-order chi connectivity index (χ1) is 15.8. The molecule has 0 N–H and O–H groups in total. The van der Waals surface area contributed by atoms with Crippen LogP contribution in [-0.2, 0) is 9.53 Å². The zero-order valence-electron chi connectivity index (χ0n) is 18.9. The van der Waals surface area contributed by atoms with E-state index in [4.69, 9.17) is 14.2 Å². The van der Waals surface area contributed by atoms with Crippen LogP contribution in [0, 0.1) is 0 Å². The monoisotopic (exact) mass is 484 g/mol. The quantitative estimate of drug-likeness (QED) is 0.502. The first kappa shape index (κ1) is 23.0. The molecule has 2 aromatic heterocycles. The Bertz CT molecular complexity index is 1400. The number of carbonyl (C=O) groups is 1. The number of esters is 1. The van der Waals surface area contributed by atoms with Crippen LogP contribution in [0.4, 0.5) is 0 Å². The summed E-state index contributed by atoms with van der Waals surface area (Å²) in [7, 11) is 3.16. The molecule has 1 aliphatic heterocycles. The second-order valence-corrected chi connectivity index (χ2v) is 9.65. The number of ether oxygens (including phenoxy) is 3. The number of benzene rings is 1. The number of rotatable bonds is 6. The standard InChI is InChI=1S/C24H24N2O5S2/c1-13(2)31-23(28)20-14(3)25-24-26(21(20)18-7-6-10-32-18)22(27)19(33-24)12-15-11-16(29-4)8-9-17(15)30-5/h6-13,21H,1-5H3/b19-12+. The molecule has 4 rings (SSSR count). The number of carbonyl (C=O) groups excluding carboxylic acids is 1. The first-order valence-corrected chi connectivity index (χ1v) is 12.0. The van der Waals surface area contributed by atoms with Crippen LogP contribution in [0.2, 0.25) is 0 Å². The van der Waals surface area contributed by atoms with Crippen LogP contribution in [0.3, 0.4) is 0 Å². The Morgan fingerprint density at radius 2 is 2.00 bits per heavy atom. The topological polar surface area (TPSA) is 79.1 Å². The van der Waals surface area contributed by atoms with Crippen LogP contribution in [-0.4, -0.2) is 30.9 Å². The summed E-state index contributed by atoms with van der Waals surface area (Å²) < 4.78 is 18.3. The van der Waals surface area contributed by atoms with Gasteiger partial charge in [0.25, 0.3) is 5.56 Å². The highest BCUT2D eigenvalue weighted by Crippen LogP contribution is 2.33. The molecule has 1 aliphatic rings. The van der Waals surface area contributed by atoms with Crippen molar-refractivity contribution >= 4 is 34.7 Å². The summed E-state index contributed by atoms with van der Waals surface area (Å²) in [6.45, 7) is 5.37. The minimum atomic E-state index is -0.596. The third-order valence-electron chi connectivity index (χ3n) is 5.12. The number of aromatic nitrogens is 1. The normalized spacial score (nSPS) is 15.9. The minimum absolute atomic E-state index is 0.232. The van der Waals surface area contributed by atoms with Gasteiger partial charge in [0.05, 0.1) is 36.1 Å². The molecular formula is C24H24N2O5S2. The third kappa shape index (κ3) is 4.38. The molecular weight excluding hydrogens is 460 g/mol. The lowest BCUT2D eigenvalue weighted by Crippen LogP contribution is -2.39. The van der Waals surface area contributed by atoms with Crippen molar-refractivity contribution in [3.05, 3.63) is 77.1 Å². The van der Waals surface area contributed by atoms with Gasteiger partial charge >= 0.3 is 5.97 Å². The van der Waals surface area contributed by atoms with Gasteiger partial charge in [-0.1, -0.05) is 17.4 Å². The van der Waals surface area contributed by atoms with Crippen molar-refractivity contribution in [3.8, 4) is 11.5 Å². The molecule has 172 valence electrons. The fourth-order valence-electron chi connectivity index (χ4n) is 3.67. The van der Waals surface area contributed by atoms with Gasteiger partial charge in [0.2, 0.25) is 0 Å². The average molecular weight is 485 g/mol. The van der Waals surface area contributed by atoms with Crippen molar-refractivity contribution in [1.29, 1.82) is 0 Å². The fourth-order valence-corrected chi connectivity index (χ4v) is 5.53. The second-order valence-electron chi connectivity index (χ2n) is 7.66. The smallest absolute Gasteiger partial charge is 0.338 e. The van der Waals surface area contributed by atoms with Gasteiger partial charge in [0.1, 0.15) is 17.5 Å². The average Bonchev–Trinajstić information content (AvgIpc) is 3.41. The summed E-state index contributed by atoms with van der Waals surface area (Å²) in [5.74, 6) is 0.808. The number of thiazole rings is 1. The van der Waals surface area contributed by atoms with E-state index < -0.39 is 12.0 Å². The predicted octanol–water partition coefficient (Wildman–Crippen LogP) is 3.27. The van der Waals surface area contributed by atoms with Crippen LogP contribution in [0.15, 0.2) is 56.8 Å². The number of hydrogen-bond donors (Lipinski definition) is 0. The van der Waals surface area contributed by atoms with E-state index in [-0.39, 0.29) is 11.7 Å². The van der Waals surface area contributed by atoms with Crippen LogP contribution < -0.4 is 24.4 Å². The molecule has 0 aliphatic carbocycles. The van der Waals surface area contributed by atoms with E-state index in [1.54, 1.807) is 57.8 Å². The van der Waals surface area contributed by atoms with Crippen LogP contribution in [0.25, 0.3) is 6.08 Å². The van der Waals surface area contributed by atoms with E-state index in [2.05, 4.69) is 4.99 Å². The second kappa shape index (κ2) is 9.36. The number of nitrogens with zero attached hydrogens (tertiary/aromatic N) is 2. The lowest BCUT2D eigenvalue weighted by atomic mass is 10.0. The maximum atomic E-state index is 13.6. The number of hydrogen-bond acceptors (Lipinski definition) is 8. The molecule has 9 heteroatoms. The first-order valence-electron chi connectivity index (χ1n) is 10.3. The van der Waals surface area contributed by atoms with Crippen molar-refractivity contribution in [2.24, 2.45) is 4.99 Å². The lowest BCUT2D eigenvalue weighted by molar-refractivity contribution is -0.143. The largest absolute Gasteiger partial charge is 0.497 e. The maximum absolute atomic E-state index is 13.6. The molecule has 1 unspecified atom stereocenters. The highest BCUT2D eigenvalue weighted by molar-refractivity contribution is 7.10. The Morgan fingerprint density at radius 3 is 2.64 bits per heavy atom.